The zero-order chi connectivity index (χ0) is 14.5. The summed E-state index contributed by atoms with van der Waals surface area (Å²) < 4.78 is 0. The van der Waals surface area contributed by atoms with E-state index in [9.17, 15) is 14.7 Å². The van der Waals surface area contributed by atoms with Gasteiger partial charge in [-0.15, -0.1) is 13.2 Å². The van der Waals surface area contributed by atoms with Crippen LogP contribution < -0.4 is 0 Å². The molecule has 0 amide bonds. The molecule has 0 bridgehead atoms. The Labute approximate surface area is 111 Å². The lowest BCUT2D eigenvalue weighted by Gasteiger charge is -2.27. The Kier molecular flexibility index (Phi) is 4.64. The van der Waals surface area contributed by atoms with Gasteiger partial charge in [0, 0.05) is 0 Å². The van der Waals surface area contributed by atoms with Gasteiger partial charge in [-0.05, 0) is 30.5 Å². The van der Waals surface area contributed by atoms with E-state index in [1.54, 1.807) is 12.2 Å². The Morgan fingerprint density at radius 2 is 1.53 bits per heavy atom. The van der Waals surface area contributed by atoms with E-state index < -0.39 is 17.4 Å². The highest BCUT2D eigenvalue weighted by molar-refractivity contribution is 5.88. The lowest BCUT2D eigenvalue weighted by molar-refractivity contribution is -0.143. The number of rotatable bonds is 7. The highest BCUT2D eigenvalue weighted by Crippen LogP contribution is 2.33. The summed E-state index contributed by atoms with van der Waals surface area (Å²) in [5.41, 5.74) is -0.467. The van der Waals surface area contributed by atoms with Gasteiger partial charge in [0.2, 0.25) is 0 Å². The molecule has 0 saturated heterocycles. The fourth-order valence-electron chi connectivity index (χ4n) is 2.04. The Morgan fingerprint density at radius 1 is 1.05 bits per heavy atom. The minimum atomic E-state index is -1.14. The topological polar surface area (TPSA) is 74.6 Å². The number of hydrogen-bond acceptors (Lipinski definition) is 2. The van der Waals surface area contributed by atoms with Crippen LogP contribution >= 0.6 is 0 Å². The van der Waals surface area contributed by atoms with Gasteiger partial charge in [0.25, 0.3) is 0 Å². The average Bonchev–Trinajstić information content (AvgIpc) is 2.38. The van der Waals surface area contributed by atoms with E-state index in [-0.39, 0.29) is 18.4 Å². The summed E-state index contributed by atoms with van der Waals surface area (Å²) in [6.07, 6.45) is 3.59. The number of carboxylic acid groups (broad SMARTS) is 2. The van der Waals surface area contributed by atoms with E-state index in [0.717, 1.165) is 0 Å². The molecule has 0 saturated carbocycles. The third-order valence-corrected chi connectivity index (χ3v) is 3.08. The zero-order valence-corrected chi connectivity index (χ0v) is 10.5. The summed E-state index contributed by atoms with van der Waals surface area (Å²) >= 11 is 0. The molecule has 2 N–H and O–H groups in total. The minimum Gasteiger partial charge on any atom is -0.481 e. The zero-order valence-electron chi connectivity index (χ0n) is 10.5. The van der Waals surface area contributed by atoms with Crippen molar-refractivity contribution in [3.05, 3.63) is 60.7 Å². The van der Waals surface area contributed by atoms with Gasteiger partial charge in [-0.1, -0.05) is 24.3 Å². The SMILES string of the molecule is C=CCC(CC=C)(C(=O)O)c1ccc(C(=O)O)cc1. The maximum atomic E-state index is 11.6. The van der Waals surface area contributed by atoms with E-state index in [0.29, 0.717) is 5.56 Å². The molecule has 4 heteroatoms. The molecule has 19 heavy (non-hydrogen) atoms. The van der Waals surface area contributed by atoms with Crippen molar-refractivity contribution in [3.8, 4) is 0 Å². The molecule has 0 atom stereocenters. The summed E-state index contributed by atoms with van der Waals surface area (Å²) in [4.78, 5) is 22.4. The van der Waals surface area contributed by atoms with Crippen molar-refractivity contribution in [1.29, 1.82) is 0 Å². The highest BCUT2D eigenvalue weighted by atomic mass is 16.4. The van der Waals surface area contributed by atoms with Crippen LogP contribution in [0.25, 0.3) is 0 Å². The first-order valence-corrected chi connectivity index (χ1v) is 5.77. The molecule has 4 nitrogen and oxygen atoms in total. The number of allylic oxidation sites excluding steroid dienone is 2. The summed E-state index contributed by atoms with van der Waals surface area (Å²) in [6, 6.07) is 5.87. The van der Waals surface area contributed by atoms with Crippen molar-refractivity contribution >= 4 is 11.9 Å². The molecular weight excluding hydrogens is 244 g/mol. The standard InChI is InChI=1S/C15H16O4/c1-3-9-15(10-4-2,14(18)19)12-7-5-11(6-8-12)13(16)17/h3-8H,1-2,9-10H2,(H,16,17)(H,18,19). The quantitative estimate of drug-likeness (QED) is 0.739. The molecule has 0 aliphatic carbocycles. The predicted octanol–water partition coefficient (Wildman–Crippen LogP) is 2.86. The van der Waals surface area contributed by atoms with E-state index in [1.807, 2.05) is 0 Å². The second-order valence-corrected chi connectivity index (χ2v) is 4.26. The van der Waals surface area contributed by atoms with Gasteiger partial charge < -0.3 is 10.2 Å². The molecule has 0 fully saturated rings. The number of aliphatic carboxylic acids is 1. The van der Waals surface area contributed by atoms with Crippen LogP contribution in [0.15, 0.2) is 49.6 Å². The summed E-state index contributed by atoms with van der Waals surface area (Å²) in [7, 11) is 0. The van der Waals surface area contributed by atoms with Crippen molar-refractivity contribution in [3.63, 3.8) is 0 Å². The van der Waals surface area contributed by atoms with Crippen LogP contribution in [0.2, 0.25) is 0 Å². The molecule has 1 aromatic carbocycles. The number of carbonyl (C=O) groups is 2. The molecule has 0 spiro atoms. The third kappa shape index (κ3) is 2.91. The summed E-state index contributed by atoms with van der Waals surface area (Å²) in [5, 5.41) is 18.4. The van der Waals surface area contributed by atoms with E-state index in [4.69, 9.17) is 5.11 Å². The molecule has 0 aliphatic rings. The Bertz CT molecular complexity index is 489. The highest BCUT2D eigenvalue weighted by Gasteiger charge is 2.38. The molecule has 0 aliphatic heterocycles. The van der Waals surface area contributed by atoms with Crippen LogP contribution in [-0.2, 0) is 10.2 Å². The fourth-order valence-corrected chi connectivity index (χ4v) is 2.04. The predicted molar refractivity (Wildman–Crippen MR) is 72.3 cm³/mol. The average molecular weight is 260 g/mol. The molecule has 0 heterocycles. The van der Waals surface area contributed by atoms with Crippen LogP contribution in [-0.4, -0.2) is 22.2 Å². The van der Waals surface area contributed by atoms with E-state index >= 15 is 0 Å². The van der Waals surface area contributed by atoms with Crippen molar-refractivity contribution in [2.24, 2.45) is 0 Å². The van der Waals surface area contributed by atoms with Crippen LogP contribution in [0.3, 0.4) is 0 Å². The molecule has 1 rings (SSSR count). The smallest absolute Gasteiger partial charge is 0.335 e. The second kappa shape index (κ2) is 6.00. The van der Waals surface area contributed by atoms with Gasteiger partial charge in [0.1, 0.15) is 0 Å². The van der Waals surface area contributed by atoms with Gasteiger partial charge in [0.15, 0.2) is 0 Å². The van der Waals surface area contributed by atoms with Crippen LogP contribution in [0.5, 0.6) is 0 Å². The number of benzene rings is 1. The minimum absolute atomic E-state index is 0.125. The normalized spacial score (nSPS) is 10.7. The largest absolute Gasteiger partial charge is 0.481 e. The fraction of sp³-hybridized carbons (Fsp3) is 0.200. The second-order valence-electron chi connectivity index (χ2n) is 4.26. The number of hydrogen-bond donors (Lipinski definition) is 2. The Balaban J connectivity index is 3.30. The number of carboxylic acids is 2. The van der Waals surface area contributed by atoms with Crippen molar-refractivity contribution < 1.29 is 19.8 Å². The molecule has 1 aromatic rings. The van der Waals surface area contributed by atoms with E-state index in [1.165, 1.54) is 24.3 Å². The molecular formula is C15H16O4. The maximum absolute atomic E-state index is 11.6. The van der Waals surface area contributed by atoms with Crippen molar-refractivity contribution in [2.75, 3.05) is 0 Å². The van der Waals surface area contributed by atoms with Gasteiger partial charge in [0.05, 0.1) is 11.0 Å². The first kappa shape index (κ1) is 14.7. The number of aromatic carboxylic acids is 1. The van der Waals surface area contributed by atoms with Crippen molar-refractivity contribution in [1.82, 2.24) is 0 Å². The maximum Gasteiger partial charge on any atom is 0.335 e. The van der Waals surface area contributed by atoms with Gasteiger partial charge in [-0.25, -0.2) is 4.79 Å². The van der Waals surface area contributed by atoms with Gasteiger partial charge in [-0.2, -0.15) is 0 Å². The van der Waals surface area contributed by atoms with Crippen LogP contribution in [0, 0.1) is 0 Å². The lowest BCUT2D eigenvalue weighted by Crippen LogP contribution is -2.35. The molecule has 0 unspecified atom stereocenters. The van der Waals surface area contributed by atoms with Crippen molar-refractivity contribution in [2.45, 2.75) is 18.3 Å². The summed E-state index contributed by atoms with van der Waals surface area (Å²) in [6.45, 7) is 7.18. The van der Waals surface area contributed by atoms with Crippen LogP contribution in [0.1, 0.15) is 28.8 Å². The Hall–Kier alpha value is -2.36. The monoisotopic (exact) mass is 260 g/mol. The van der Waals surface area contributed by atoms with Crippen LogP contribution in [0.4, 0.5) is 0 Å². The Morgan fingerprint density at radius 3 is 1.84 bits per heavy atom. The first-order chi connectivity index (χ1) is 8.97. The third-order valence-electron chi connectivity index (χ3n) is 3.08. The van der Waals surface area contributed by atoms with Gasteiger partial charge in [-0.3, -0.25) is 4.79 Å². The van der Waals surface area contributed by atoms with Gasteiger partial charge >= 0.3 is 11.9 Å². The summed E-state index contributed by atoms with van der Waals surface area (Å²) in [5.74, 6) is -2.02. The molecule has 0 aromatic heterocycles. The molecule has 100 valence electrons. The lowest BCUT2D eigenvalue weighted by atomic mass is 9.74. The first-order valence-electron chi connectivity index (χ1n) is 5.77. The van der Waals surface area contributed by atoms with E-state index in [2.05, 4.69) is 13.2 Å². The molecule has 0 radical (unpaired) electrons.